The lowest BCUT2D eigenvalue weighted by molar-refractivity contribution is -0.127. The van der Waals surface area contributed by atoms with Crippen LogP contribution in [0.25, 0.3) is 0 Å². The fourth-order valence-electron chi connectivity index (χ4n) is 1.28. The maximum absolute atomic E-state index is 12.9. The summed E-state index contributed by atoms with van der Waals surface area (Å²) in [6.07, 6.45) is 1.24. The van der Waals surface area contributed by atoms with E-state index in [1.807, 2.05) is 0 Å². The lowest BCUT2D eigenvalue weighted by Crippen LogP contribution is -2.36. The maximum Gasteiger partial charge on any atom is 0.261 e. The summed E-state index contributed by atoms with van der Waals surface area (Å²) in [5.41, 5.74) is 0.0679. The monoisotopic (exact) mass is 251 g/mol. The van der Waals surface area contributed by atoms with Crippen molar-refractivity contribution in [2.45, 2.75) is 13.0 Å². The second-order valence-corrected chi connectivity index (χ2v) is 3.59. The first-order chi connectivity index (χ1) is 8.58. The molecular formula is C13H14FNO3. The van der Waals surface area contributed by atoms with Gasteiger partial charge in [0.15, 0.2) is 12.4 Å². The van der Waals surface area contributed by atoms with Crippen molar-refractivity contribution in [2.24, 2.45) is 0 Å². The Morgan fingerprint density at radius 3 is 2.94 bits per heavy atom. The standard InChI is InChI=1S/C13H14FNO3/c1-3-6-15-13(17)9(2)18-12-5-4-11(14)7-10(12)8-16/h3-5,7-9H,1,6H2,2H3,(H,15,17). The molecule has 0 heterocycles. The maximum atomic E-state index is 12.9. The Labute approximate surface area is 104 Å². The van der Waals surface area contributed by atoms with Gasteiger partial charge in [-0.15, -0.1) is 6.58 Å². The van der Waals surface area contributed by atoms with E-state index in [0.717, 1.165) is 12.1 Å². The van der Waals surface area contributed by atoms with Crippen LogP contribution in [-0.4, -0.2) is 24.8 Å². The van der Waals surface area contributed by atoms with Gasteiger partial charge in [0.05, 0.1) is 5.56 Å². The van der Waals surface area contributed by atoms with Gasteiger partial charge >= 0.3 is 0 Å². The quantitative estimate of drug-likeness (QED) is 0.618. The normalized spacial score (nSPS) is 11.4. The van der Waals surface area contributed by atoms with E-state index in [1.54, 1.807) is 6.08 Å². The van der Waals surface area contributed by atoms with E-state index in [-0.39, 0.29) is 17.2 Å². The highest BCUT2D eigenvalue weighted by Gasteiger charge is 2.15. The average Bonchev–Trinajstić information content (AvgIpc) is 2.37. The number of hydrogen-bond donors (Lipinski definition) is 1. The molecule has 1 amide bonds. The zero-order valence-electron chi connectivity index (χ0n) is 9.98. The minimum Gasteiger partial charge on any atom is -0.480 e. The number of rotatable bonds is 6. The molecule has 0 spiro atoms. The Morgan fingerprint density at radius 1 is 1.61 bits per heavy atom. The summed E-state index contributed by atoms with van der Waals surface area (Å²) in [4.78, 5) is 22.3. The molecule has 0 aliphatic carbocycles. The van der Waals surface area contributed by atoms with E-state index in [0.29, 0.717) is 12.8 Å². The van der Waals surface area contributed by atoms with Crippen LogP contribution in [0.3, 0.4) is 0 Å². The van der Waals surface area contributed by atoms with Crippen LogP contribution in [0.4, 0.5) is 4.39 Å². The van der Waals surface area contributed by atoms with E-state index in [4.69, 9.17) is 4.74 Å². The molecule has 1 aromatic carbocycles. The number of aldehydes is 1. The number of hydrogen-bond acceptors (Lipinski definition) is 3. The third-order valence-corrected chi connectivity index (χ3v) is 2.19. The lowest BCUT2D eigenvalue weighted by Gasteiger charge is -2.15. The number of carbonyl (C=O) groups is 2. The van der Waals surface area contributed by atoms with Crippen molar-refractivity contribution in [3.8, 4) is 5.75 Å². The van der Waals surface area contributed by atoms with Crippen LogP contribution in [0, 0.1) is 5.82 Å². The molecule has 18 heavy (non-hydrogen) atoms. The number of benzene rings is 1. The summed E-state index contributed by atoms with van der Waals surface area (Å²) in [5.74, 6) is -0.697. The highest BCUT2D eigenvalue weighted by atomic mass is 19.1. The first-order valence-electron chi connectivity index (χ1n) is 5.38. The molecule has 1 N–H and O–H groups in total. The van der Waals surface area contributed by atoms with Crippen LogP contribution < -0.4 is 10.1 Å². The van der Waals surface area contributed by atoms with E-state index >= 15 is 0 Å². The molecule has 1 unspecified atom stereocenters. The van der Waals surface area contributed by atoms with E-state index in [1.165, 1.54) is 13.0 Å². The fourth-order valence-corrected chi connectivity index (χ4v) is 1.28. The van der Waals surface area contributed by atoms with Gasteiger partial charge in [-0.2, -0.15) is 0 Å². The summed E-state index contributed by atoms with van der Waals surface area (Å²) >= 11 is 0. The van der Waals surface area contributed by atoms with Crippen molar-refractivity contribution in [2.75, 3.05) is 6.54 Å². The van der Waals surface area contributed by atoms with Crippen molar-refractivity contribution in [1.82, 2.24) is 5.32 Å². The molecular weight excluding hydrogens is 237 g/mol. The van der Waals surface area contributed by atoms with Crippen molar-refractivity contribution in [1.29, 1.82) is 0 Å². The second-order valence-electron chi connectivity index (χ2n) is 3.59. The van der Waals surface area contributed by atoms with Gasteiger partial charge in [-0.3, -0.25) is 9.59 Å². The summed E-state index contributed by atoms with van der Waals surface area (Å²) in [5, 5.41) is 2.56. The average molecular weight is 251 g/mol. The Kier molecular flexibility index (Phi) is 5.05. The van der Waals surface area contributed by atoms with Gasteiger partial charge in [0.1, 0.15) is 11.6 Å². The number of ether oxygens (including phenoxy) is 1. The van der Waals surface area contributed by atoms with E-state index < -0.39 is 11.9 Å². The molecule has 1 rings (SSSR count). The molecule has 1 atom stereocenters. The Balaban J connectivity index is 2.74. The molecule has 0 bridgehead atoms. The van der Waals surface area contributed by atoms with Gasteiger partial charge in [0.2, 0.25) is 0 Å². The number of carbonyl (C=O) groups excluding carboxylic acids is 2. The number of amides is 1. The van der Waals surface area contributed by atoms with Crippen LogP contribution in [0.2, 0.25) is 0 Å². The Hall–Kier alpha value is -2.17. The predicted molar refractivity (Wildman–Crippen MR) is 65.1 cm³/mol. The van der Waals surface area contributed by atoms with Crippen LogP contribution >= 0.6 is 0 Å². The fraction of sp³-hybridized carbons (Fsp3) is 0.231. The predicted octanol–water partition coefficient (Wildman–Crippen LogP) is 1.71. The summed E-state index contributed by atoms with van der Waals surface area (Å²) in [6.45, 7) is 5.34. The minimum atomic E-state index is -0.783. The molecule has 5 heteroatoms. The topological polar surface area (TPSA) is 55.4 Å². The van der Waals surface area contributed by atoms with Gasteiger partial charge in [0.25, 0.3) is 5.91 Å². The SMILES string of the molecule is C=CCNC(=O)C(C)Oc1ccc(F)cc1C=O. The zero-order chi connectivity index (χ0) is 13.5. The van der Waals surface area contributed by atoms with Gasteiger partial charge in [0, 0.05) is 6.54 Å². The molecule has 0 radical (unpaired) electrons. The Bertz CT molecular complexity index is 460. The first kappa shape index (κ1) is 13.9. The molecule has 0 saturated carbocycles. The largest absolute Gasteiger partial charge is 0.480 e. The van der Waals surface area contributed by atoms with Crippen molar-refractivity contribution in [3.05, 3.63) is 42.2 Å². The van der Waals surface area contributed by atoms with Crippen LogP contribution in [-0.2, 0) is 4.79 Å². The summed E-state index contributed by atoms with van der Waals surface area (Å²) in [7, 11) is 0. The summed E-state index contributed by atoms with van der Waals surface area (Å²) < 4.78 is 18.2. The molecule has 0 aromatic heterocycles. The van der Waals surface area contributed by atoms with Gasteiger partial charge in [-0.1, -0.05) is 6.08 Å². The first-order valence-corrected chi connectivity index (χ1v) is 5.38. The van der Waals surface area contributed by atoms with Gasteiger partial charge < -0.3 is 10.1 Å². The zero-order valence-corrected chi connectivity index (χ0v) is 9.98. The molecule has 96 valence electrons. The third kappa shape index (κ3) is 3.69. The highest BCUT2D eigenvalue weighted by molar-refractivity contribution is 5.82. The van der Waals surface area contributed by atoms with Crippen molar-refractivity contribution < 1.29 is 18.7 Å². The van der Waals surface area contributed by atoms with Crippen LogP contribution in [0.1, 0.15) is 17.3 Å². The molecule has 1 aromatic rings. The third-order valence-electron chi connectivity index (χ3n) is 2.19. The molecule has 0 aliphatic rings. The van der Waals surface area contributed by atoms with Crippen LogP contribution in [0.5, 0.6) is 5.75 Å². The second kappa shape index (κ2) is 6.54. The van der Waals surface area contributed by atoms with Crippen molar-refractivity contribution in [3.63, 3.8) is 0 Å². The van der Waals surface area contributed by atoms with Crippen LogP contribution in [0.15, 0.2) is 30.9 Å². The number of nitrogens with one attached hydrogen (secondary N) is 1. The molecule has 0 fully saturated rings. The lowest BCUT2D eigenvalue weighted by atomic mass is 10.2. The summed E-state index contributed by atoms with van der Waals surface area (Å²) in [6, 6.07) is 3.53. The van der Waals surface area contributed by atoms with E-state index in [9.17, 15) is 14.0 Å². The molecule has 0 aliphatic heterocycles. The van der Waals surface area contributed by atoms with Gasteiger partial charge in [-0.05, 0) is 25.1 Å². The van der Waals surface area contributed by atoms with Crippen molar-refractivity contribution >= 4 is 12.2 Å². The molecule has 4 nitrogen and oxygen atoms in total. The number of halogens is 1. The smallest absolute Gasteiger partial charge is 0.261 e. The Morgan fingerprint density at radius 2 is 2.33 bits per heavy atom. The minimum absolute atomic E-state index is 0.0679. The van der Waals surface area contributed by atoms with E-state index in [2.05, 4.69) is 11.9 Å². The highest BCUT2D eigenvalue weighted by Crippen LogP contribution is 2.19. The molecule has 0 saturated heterocycles. The van der Waals surface area contributed by atoms with Gasteiger partial charge in [-0.25, -0.2) is 4.39 Å².